The molecule has 1 aromatic carbocycles. The summed E-state index contributed by atoms with van der Waals surface area (Å²) in [4.78, 5) is 38.6. The van der Waals surface area contributed by atoms with E-state index in [4.69, 9.17) is 20.2 Å². The molecule has 11 nitrogen and oxygen atoms in total. The van der Waals surface area contributed by atoms with E-state index in [1.54, 1.807) is 0 Å². The topological polar surface area (TPSA) is 135 Å². The number of carbonyl (C=O) groups is 2. The molecular formula is C33H35F4N7O4. The molecule has 15 heteroatoms. The first-order chi connectivity index (χ1) is 22.8. The van der Waals surface area contributed by atoms with E-state index in [0.29, 0.717) is 36.5 Å². The number of nitrogens with two attached hydrogens (primary N) is 1. The minimum absolute atomic E-state index is 0.00398. The SMILES string of the molecule is C=C1CN2CCC[C@]2(COc2nc3c(c(N4CCC[C@]5(C4)NC(=O)NC5=O)n2)CO[C@@H](c2c(F)c(N)cc(C#CC)c2C(F)(F)F)C3)C1. The van der Waals surface area contributed by atoms with Gasteiger partial charge in [0.1, 0.15) is 18.0 Å². The van der Waals surface area contributed by atoms with Crippen LogP contribution in [0.4, 0.5) is 33.9 Å². The molecule has 0 radical (unpaired) electrons. The van der Waals surface area contributed by atoms with Crippen molar-refractivity contribution in [1.29, 1.82) is 0 Å². The van der Waals surface area contributed by atoms with Gasteiger partial charge in [-0.05, 0) is 51.6 Å². The number of benzene rings is 1. The Morgan fingerprint density at radius 2 is 2.02 bits per heavy atom. The van der Waals surface area contributed by atoms with Crippen molar-refractivity contribution in [3.8, 4) is 17.9 Å². The number of nitrogen functional groups attached to an aromatic ring is 1. The maximum absolute atomic E-state index is 15.6. The molecule has 7 rings (SSSR count). The van der Waals surface area contributed by atoms with Crippen molar-refractivity contribution in [3.63, 3.8) is 0 Å². The van der Waals surface area contributed by atoms with E-state index in [1.807, 2.05) is 4.90 Å². The third-order valence-corrected chi connectivity index (χ3v) is 10.1. The van der Waals surface area contributed by atoms with Gasteiger partial charge in [0.25, 0.3) is 5.91 Å². The number of ether oxygens (including phenoxy) is 2. The van der Waals surface area contributed by atoms with Crippen molar-refractivity contribution < 1.29 is 36.6 Å². The van der Waals surface area contributed by atoms with E-state index >= 15 is 4.39 Å². The molecule has 3 atom stereocenters. The molecule has 1 aromatic heterocycles. The van der Waals surface area contributed by atoms with E-state index in [2.05, 4.69) is 38.9 Å². The van der Waals surface area contributed by atoms with Crippen LogP contribution >= 0.6 is 0 Å². The molecule has 5 aliphatic heterocycles. The molecule has 3 amide bonds. The van der Waals surface area contributed by atoms with Crippen molar-refractivity contribution in [2.45, 2.75) is 75.4 Å². The van der Waals surface area contributed by atoms with Crippen molar-refractivity contribution in [1.82, 2.24) is 25.5 Å². The molecule has 1 spiro atoms. The number of amides is 3. The number of imide groups is 1. The summed E-state index contributed by atoms with van der Waals surface area (Å²) in [5.41, 5.74) is 3.41. The largest absolute Gasteiger partial charge is 0.461 e. The van der Waals surface area contributed by atoms with Crippen LogP contribution in [0.15, 0.2) is 18.2 Å². The third-order valence-electron chi connectivity index (χ3n) is 10.1. The average molecular weight is 670 g/mol. The number of aromatic nitrogens is 2. The Kier molecular flexibility index (Phi) is 7.78. The Morgan fingerprint density at radius 1 is 1.23 bits per heavy atom. The summed E-state index contributed by atoms with van der Waals surface area (Å²) in [6.07, 6.45) is -2.97. The first kappa shape index (κ1) is 32.1. The highest BCUT2D eigenvalue weighted by atomic mass is 19.4. The quantitative estimate of drug-likeness (QED) is 0.143. The number of rotatable bonds is 5. The standard InChI is InChI=1S/C33H35F4N7O4/c1-3-6-19-11-21(38)26(34)24(25(19)33(35,36)37)23-12-22-20(15-47-23)27(43-9-5-8-32(16-43)28(45)41-29(46)42-32)40-30(39-22)48-17-31-7-4-10-44(31)14-18(2)13-31/h11,23H,2,4-5,7-10,12-17,38H2,1H3,(H2,41,42,45,46)/t23-,31-,32-/m1/s1. The summed E-state index contributed by atoms with van der Waals surface area (Å²) < 4.78 is 71.4. The van der Waals surface area contributed by atoms with Crippen LogP contribution in [-0.4, -0.2) is 70.7 Å². The number of carbonyl (C=O) groups excluding carboxylic acids is 2. The second kappa shape index (κ2) is 11.6. The molecular weight excluding hydrogens is 634 g/mol. The molecule has 4 saturated heterocycles. The van der Waals surface area contributed by atoms with Gasteiger partial charge in [0.2, 0.25) is 0 Å². The molecule has 0 unspecified atom stereocenters. The van der Waals surface area contributed by atoms with Gasteiger partial charge in [-0.2, -0.15) is 23.1 Å². The Balaban J connectivity index is 1.29. The lowest BCUT2D eigenvalue weighted by Crippen LogP contribution is -2.59. The molecule has 6 heterocycles. The minimum atomic E-state index is -4.95. The van der Waals surface area contributed by atoms with Gasteiger partial charge < -0.3 is 25.4 Å². The molecule has 2 aromatic rings. The number of piperidine rings is 1. The average Bonchev–Trinajstić information content (AvgIpc) is 3.64. The maximum Gasteiger partial charge on any atom is 0.418 e. The van der Waals surface area contributed by atoms with Gasteiger partial charge in [0, 0.05) is 36.2 Å². The Bertz CT molecular complexity index is 1790. The summed E-state index contributed by atoms with van der Waals surface area (Å²) >= 11 is 0. The predicted octanol–water partition coefficient (Wildman–Crippen LogP) is 3.75. The summed E-state index contributed by atoms with van der Waals surface area (Å²) in [5.74, 6) is 3.55. The Labute approximate surface area is 274 Å². The van der Waals surface area contributed by atoms with Gasteiger partial charge in [-0.15, -0.1) is 5.92 Å². The van der Waals surface area contributed by atoms with Crippen LogP contribution in [0.2, 0.25) is 0 Å². The van der Waals surface area contributed by atoms with Gasteiger partial charge in [-0.25, -0.2) is 9.18 Å². The number of urea groups is 1. The van der Waals surface area contributed by atoms with Gasteiger partial charge >= 0.3 is 18.2 Å². The van der Waals surface area contributed by atoms with E-state index in [1.165, 1.54) is 6.92 Å². The fourth-order valence-corrected chi connectivity index (χ4v) is 7.98. The summed E-state index contributed by atoms with van der Waals surface area (Å²) in [7, 11) is 0. The molecule has 254 valence electrons. The number of halogens is 4. The molecule has 5 aliphatic rings. The molecule has 48 heavy (non-hydrogen) atoms. The second-order valence-corrected chi connectivity index (χ2v) is 13.2. The summed E-state index contributed by atoms with van der Waals surface area (Å²) in [6.45, 7) is 7.82. The van der Waals surface area contributed by atoms with Crippen LogP contribution in [0, 0.1) is 17.7 Å². The highest BCUT2D eigenvalue weighted by Gasteiger charge is 2.50. The van der Waals surface area contributed by atoms with Gasteiger partial charge in [-0.1, -0.05) is 18.1 Å². The number of hydrogen-bond donors (Lipinski definition) is 3. The normalized spacial score (nSPS) is 27.0. The highest BCUT2D eigenvalue weighted by Crippen LogP contribution is 2.45. The summed E-state index contributed by atoms with van der Waals surface area (Å²) in [5, 5.41) is 5.05. The fraction of sp³-hybridized carbons (Fsp3) is 0.515. The van der Waals surface area contributed by atoms with Crippen LogP contribution in [-0.2, 0) is 28.7 Å². The van der Waals surface area contributed by atoms with Crippen LogP contribution in [0.1, 0.15) is 73.1 Å². The third kappa shape index (κ3) is 5.40. The van der Waals surface area contributed by atoms with Gasteiger partial charge in [0.05, 0.1) is 41.7 Å². The fourth-order valence-electron chi connectivity index (χ4n) is 7.98. The van der Waals surface area contributed by atoms with Gasteiger partial charge in [0.15, 0.2) is 5.82 Å². The number of alkyl halides is 3. The molecule has 0 saturated carbocycles. The molecule has 0 bridgehead atoms. The highest BCUT2D eigenvalue weighted by molar-refractivity contribution is 6.07. The summed E-state index contributed by atoms with van der Waals surface area (Å²) in [6, 6.07) is 0.302. The van der Waals surface area contributed by atoms with Crippen molar-refractivity contribution >= 4 is 23.4 Å². The minimum Gasteiger partial charge on any atom is -0.461 e. The zero-order valence-electron chi connectivity index (χ0n) is 26.4. The van der Waals surface area contributed by atoms with Crippen LogP contribution in [0.3, 0.4) is 0 Å². The maximum atomic E-state index is 15.6. The van der Waals surface area contributed by atoms with Crippen molar-refractivity contribution in [3.05, 3.63) is 52.0 Å². The number of anilines is 2. The van der Waals surface area contributed by atoms with E-state index in [-0.39, 0.29) is 37.7 Å². The van der Waals surface area contributed by atoms with E-state index in [0.717, 1.165) is 44.0 Å². The van der Waals surface area contributed by atoms with Gasteiger partial charge in [-0.3, -0.25) is 15.0 Å². The monoisotopic (exact) mass is 669 g/mol. The number of hydrogen-bond acceptors (Lipinski definition) is 9. The number of fused-ring (bicyclic) bond motifs is 2. The van der Waals surface area contributed by atoms with Crippen molar-refractivity contribution in [2.75, 3.05) is 43.4 Å². The van der Waals surface area contributed by atoms with Crippen molar-refractivity contribution in [2.24, 2.45) is 0 Å². The Hall–Kier alpha value is -4.42. The van der Waals surface area contributed by atoms with E-state index in [9.17, 15) is 22.8 Å². The smallest absolute Gasteiger partial charge is 0.418 e. The molecule has 0 aliphatic carbocycles. The zero-order chi connectivity index (χ0) is 34.0. The van der Waals surface area contributed by atoms with Crippen LogP contribution in [0.25, 0.3) is 0 Å². The predicted molar refractivity (Wildman–Crippen MR) is 165 cm³/mol. The number of nitrogens with zero attached hydrogens (tertiary/aromatic N) is 4. The first-order valence-electron chi connectivity index (χ1n) is 15.9. The zero-order valence-corrected chi connectivity index (χ0v) is 26.4. The van der Waals surface area contributed by atoms with E-state index < -0.39 is 58.0 Å². The first-order valence-corrected chi connectivity index (χ1v) is 15.9. The molecule has 4 N–H and O–H groups in total. The Morgan fingerprint density at radius 3 is 2.75 bits per heavy atom. The molecule has 4 fully saturated rings. The lowest BCUT2D eigenvalue weighted by atomic mass is 9.88. The lowest BCUT2D eigenvalue weighted by Gasteiger charge is -2.40. The van der Waals surface area contributed by atoms with Crippen LogP contribution in [0.5, 0.6) is 6.01 Å². The number of nitrogens with one attached hydrogen (secondary N) is 2. The lowest BCUT2D eigenvalue weighted by molar-refractivity contribution is -0.140. The second-order valence-electron chi connectivity index (χ2n) is 13.2. The van der Waals surface area contributed by atoms with Crippen LogP contribution < -0.4 is 26.0 Å².